The molecule has 2 aromatic rings. The van der Waals surface area contributed by atoms with E-state index in [2.05, 4.69) is 34.4 Å². The molecule has 0 aliphatic heterocycles. The highest BCUT2D eigenvalue weighted by Crippen LogP contribution is 2.25. The van der Waals surface area contributed by atoms with E-state index in [-0.39, 0.29) is 17.5 Å². The number of hydrogen-bond acceptors (Lipinski definition) is 6. The maximum absolute atomic E-state index is 12.2. The van der Waals surface area contributed by atoms with E-state index in [0.29, 0.717) is 28.7 Å². The van der Waals surface area contributed by atoms with E-state index >= 15 is 0 Å². The lowest BCUT2D eigenvalue weighted by Gasteiger charge is -2.10. The first-order chi connectivity index (χ1) is 12.4. The molecule has 138 valence electrons. The Morgan fingerprint density at radius 3 is 2.73 bits per heavy atom. The minimum Gasteiger partial charge on any atom is -0.465 e. The molecule has 0 bridgehead atoms. The SMILES string of the molecule is COC(=O)c1ccc(Cl)c(Nc2nccc(C(=O)NCCC(C)C)n2)c1. The van der Waals surface area contributed by atoms with Crippen molar-refractivity contribution in [2.24, 2.45) is 5.92 Å². The van der Waals surface area contributed by atoms with Crippen LogP contribution in [0, 0.1) is 5.92 Å². The van der Waals surface area contributed by atoms with Gasteiger partial charge in [0.05, 0.1) is 23.4 Å². The number of carbonyl (C=O) groups is 2. The van der Waals surface area contributed by atoms with Crippen molar-refractivity contribution in [2.75, 3.05) is 19.0 Å². The average Bonchev–Trinajstić information content (AvgIpc) is 2.62. The normalized spacial score (nSPS) is 10.5. The molecule has 0 radical (unpaired) electrons. The van der Waals surface area contributed by atoms with Crippen LogP contribution in [0.2, 0.25) is 5.02 Å². The smallest absolute Gasteiger partial charge is 0.337 e. The number of amides is 1. The quantitative estimate of drug-likeness (QED) is 0.719. The van der Waals surface area contributed by atoms with Gasteiger partial charge in [0.2, 0.25) is 5.95 Å². The minimum absolute atomic E-state index is 0.199. The van der Waals surface area contributed by atoms with Gasteiger partial charge in [-0.2, -0.15) is 0 Å². The Hall–Kier alpha value is -2.67. The summed E-state index contributed by atoms with van der Waals surface area (Å²) in [7, 11) is 1.30. The van der Waals surface area contributed by atoms with Crippen LogP contribution >= 0.6 is 11.6 Å². The van der Waals surface area contributed by atoms with Gasteiger partial charge in [-0.05, 0) is 36.6 Å². The molecule has 0 saturated heterocycles. The maximum atomic E-state index is 12.2. The lowest BCUT2D eigenvalue weighted by Crippen LogP contribution is -2.26. The molecule has 0 fully saturated rings. The predicted octanol–water partition coefficient (Wildman–Crippen LogP) is 3.44. The Bertz CT molecular complexity index is 796. The summed E-state index contributed by atoms with van der Waals surface area (Å²) in [5.41, 5.74) is 1.01. The topological polar surface area (TPSA) is 93.2 Å². The first-order valence-corrected chi connectivity index (χ1v) is 8.54. The molecule has 1 aromatic carbocycles. The summed E-state index contributed by atoms with van der Waals surface area (Å²) in [4.78, 5) is 32.1. The lowest BCUT2D eigenvalue weighted by molar-refractivity contribution is 0.0600. The van der Waals surface area contributed by atoms with Crippen molar-refractivity contribution in [1.82, 2.24) is 15.3 Å². The van der Waals surface area contributed by atoms with Crippen LogP contribution in [0.25, 0.3) is 0 Å². The first-order valence-electron chi connectivity index (χ1n) is 8.17. The molecule has 0 unspecified atom stereocenters. The number of aromatic nitrogens is 2. The van der Waals surface area contributed by atoms with Gasteiger partial charge in [-0.1, -0.05) is 25.4 Å². The number of hydrogen-bond donors (Lipinski definition) is 2. The third kappa shape index (κ3) is 5.42. The fraction of sp³-hybridized carbons (Fsp3) is 0.333. The van der Waals surface area contributed by atoms with Crippen LogP contribution in [0.15, 0.2) is 30.5 Å². The van der Waals surface area contributed by atoms with Crippen molar-refractivity contribution in [3.8, 4) is 0 Å². The number of nitrogens with one attached hydrogen (secondary N) is 2. The number of carbonyl (C=O) groups excluding carboxylic acids is 2. The van der Waals surface area contributed by atoms with Crippen molar-refractivity contribution >= 4 is 35.1 Å². The van der Waals surface area contributed by atoms with Crippen molar-refractivity contribution in [3.05, 3.63) is 46.7 Å². The zero-order valence-electron chi connectivity index (χ0n) is 14.9. The number of methoxy groups -OCH3 is 1. The summed E-state index contributed by atoms with van der Waals surface area (Å²) in [6, 6.07) is 6.19. The van der Waals surface area contributed by atoms with Gasteiger partial charge in [0.25, 0.3) is 5.91 Å². The van der Waals surface area contributed by atoms with Gasteiger partial charge < -0.3 is 15.4 Å². The summed E-state index contributed by atoms with van der Waals surface area (Å²) in [6.07, 6.45) is 2.36. The third-order valence-corrected chi connectivity index (χ3v) is 3.86. The largest absolute Gasteiger partial charge is 0.465 e. The highest BCUT2D eigenvalue weighted by molar-refractivity contribution is 6.33. The summed E-state index contributed by atoms with van der Waals surface area (Å²) < 4.78 is 4.69. The number of nitrogens with zero attached hydrogens (tertiary/aromatic N) is 2. The predicted molar refractivity (Wildman–Crippen MR) is 99.9 cm³/mol. The van der Waals surface area contributed by atoms with E-state index < -0.39 is 5.97 Å². The van der Waals surface area contributed by atoms with Crippen LogP contribution in [0.1, 0.15) is 41.1 Å². The van der Waals surface area contributed by atoms with Crippen LogP contribution in [0.4, 0.5) is 11.6 Å². The molecule has 0 aliphatic carbocycles. The lowest BCUT2D eigenvalue weighted by atomic mass is 10.1. The minimum atomic E-state index is -0.482. The summed E-state index contributed by atoms with van der Waals surface area (Å²) >= 11 is 6.15. The van der Waals surface area contributed by atoms with Crippen LogP contribution in [0.5, 0.6) is 0 Å². The molecule has 2 N–H and O–H groups in total. The van der Waals surface area contributed by atoms with Gasteiger partial charge in [0.15, 0.2) is 0 Å². The molecule has 0 saturated carbocycles. The van der Waals surface area contributed by atoms with Gasteiger partial charge in [-0.25, -0.2) is 14.8 Å². The summed E-state index contributed by atoms with van der Waals surface area (Å²) in [5, 5.41) is 6.12. The van der Waals surface area contributed by atoms with E-state index in [4.69, 9.17) is 16.3 Å². The van der Waals surface area contributed by atoms with E-state index in [9.17, 15) is 9.59 Å². The van der Waals surface area contributed by atoms with Crippen LogP contribution in [-0.4, -0.2) is 35.5 Å². The molecule has 1 heterocycles. The average molecular weight is 377 g/mol. The number of rotatable bonds is 7. The van der Waals surface area contributed by atoms with Crippen LogP contribution in [0.3, 0.4) is 0 Å². The number of halogens is 1. The fourth-order valence-corrected chi connectivity index (χ4v) is 2.26. The number of anilines is 2. The number of ether oxygens (including phenoxy) is 1. The summed E-state index contributed by atoms with van der Waals surface area (Å²) in [6.45, 7) is 4.76. The Morgan fingerprint density at radius 2 is 2.04 bits per heavy atom. The highest BCUT2D eigenvalue weighted by atomic mass is 35.5. The van der Waals surface area contributed by atoms with Crippen molar-refractivity contribution < 1.29 is 14.3 Å². The monoisotopic (exact) mass is 376 g/mol. The molecule has 0 aliphatic rings. The second-order valence-electron chi connectivity index (χ2n) is 6.02. The second-order valence-corrected chi connectivity index (χ2v) is 6.42. The van der Waals surface area contributed by atoms with Crippen LogP contribution in [-0.2, 0) is 4.74 Å². The second kappa shape index (κ2) is 9.15. The standard InChI is InChI=1S/C18H21ClN4O3/c1-11(2)6-8-20-16(24)14-7-9-21-18(22-14)23-15-10-12(17(25)26-3)4-5-13(15)19/h4-5,7,9-11H,6,8H2,1-3H3,(H,20,24)(H,21,22,23). The van der Waals surface area contributed by atoms with E-state index in [1.54, 1.807) is 12.1 Å². The van der Waals surface area contributed by atoms with Crippen molar-refractivity contribution in [3.63, 3.8) is 0 Å². The van der Waals surface area contributed by atoms with Crippen molar-refractivity contribution in [2.45, 2.75) is 20.3 Å². The highest BCUT2D eigenvalue weighted by Gasteiger charge is 2.12. The molecule has 8 heteroatoms. The van der Waals surface area contributed by atoms with Crippen molar-refractivity contribution in [1.29, 1.82) is 0 Å². The van der Waals surface area contributed by atoms with Gasteiger partial charge in [-0.3, -0.25) is 4.79 Å². The third-order valence-electron chi connectivity index (χ3n) is 3.53. The molecular formula is C18H21ClN4O3. The van der Waals surface area contributed by atoms with E-state index in [1.807, 2.05) is 0 Å². The van der Waals surface area contributed by atoms with E-state index in [0.717, 1.165) is 6.42 Å². The Balaban J connectivity index is 2.13. The summed E-state index contributed by atoms with van der Waals surface area (Å²) in [5.74, 6) is -0.0537. The van der Waals surface area contributed by atoms with E-state index in [1.165, 1.54) is 25.4 Å². The molecular weight excluding hydrogens is 356 g/mol. The molecule has 0 spiro atoms. The molecule has 2 rings (SSSR count). The fourth-order valence-electron chi connectivity index (χ4n) is 2.10. The molecule has 1 aromatic heterocycles. The molecule has 26 heavy (non-hydrogen) atoms. The Labute approximate surface area is 157 Å². The van der Waals surface area contributed by atoms with Gasteiger partial charge in [0.1, 0.15) is 5.69 Å². The van der Waals surface area contributed by atoms with Crippen LogP contribution < -0.4 is 10.6 Å². The molecule has 7 nitrogen and oxygen atoms in total. The van der Waals surface area contributed by atoms with Gasteiger partial charge in [-0.15, -0.1) is 0 Å². The number of esters is 1. The first kappa shape index (κ1) is 19.7. The number of benzene rings is 1. The maximum Gasteiger partial charge on any atom is 0.337 e. The zero-order chi connectivity index (χ0) is 19.1. The Kier molecular flexibility index (Phi) is 6.91. The molecule has 1 amide bonds. The zero-order valence-corrected chi connectivity index (χ0v) is 15.6. The van der Waals surface area contributed by atoms with Gasteiger partial charge >= 0.3 is 5.97 Å². The molecule has 0 atom stereocenters. The van der Waals surface area contributed by atoms with Gasteiger partial charge in [0, 0.05) is 12.7 Å². The Morgan fingerprint density at radius 1 is 1.27 bits per heavy atom.